The molecule has 1 atom stereocenters. The number of hydrogen-bond acceptors (Lipinski definition) is 5. The van der Waals surface area contributed by atoms with Gasteiger partial charge >= 0.3 is 11.9 Å². The number of carbonyl (C=O) groups is 3. The minimum atomic E-state index is -1.03. The van der Waals surface area contributed by atoms with Crippen molar-refractivity contribution in [3.8, 4) is 0 Å². The van der Waals surface area contributed by atoms with E-state index in [4.69, 9.17) is 9.47 Å². The maximum atomic E-state index is 12.0. The highest BCUT2D eigenvalue weighted by atomic mass is 16.5. The first-order chi connectivity index (χ1) is 9.03. The maximum Gasteiger partial charge on any atom is 0.319 e. The van der Waals surface area contributed by atoms with Crippen molar-refractivity contribution in [1.82, 2.24) is 0 Å². The molecular formula is C14H20O5. The average Bonchev–Trinajstić information content (AvgIpc) is 2.71. The normalized spacial score (nSPS) is 22.7. The van der Waals surface area contributed by atoms with E-state index in [-0.39, 0.29) is 25.0 Å². The lowest BCUT2D eigenvalue weighted by molar-refractivity contribution is -0.158. The van der Waals surface area contributed by atoms with Crippen LogP contribution in [0.2, 0.25) is 0 Å². The van der Waals surface area contributed by atoms with Crippen LogP contribution in [0.1, 0.15) is 39.5 Å². The minimum Gasteiger partial charge on any atom is -0.465 e. The van der Waals surface area contributed by atoms with Gasteiger partial charge < -0.3 is 9.47 Å². The topological polar surface area (TPSA) is 69.7 Å². The number of ketones is 1. The zero-order valence-corrected chi connectivity index (χ0v) is 11.4. The van der Waals surface area contributed by atoms with Crippen molar-refractivity contribution in [3.63, 3.8) is 0 Å². The van der Waals surface area contributed by atoms with Crippen LogP contribution in [0, 0.1) is 5.41 Å². The van der Waals surface area contributed by atoms with Crippen molar-refractivity contribution in [2.45, 2.75) is 39.5 Å². The predicted octanol–water partition coefficient (Wildman–Crippen LogP) is 1.80. The van der Waals surface area contributed by atoms with E-state index in [0.717, 1.165) is 6.42 Å². The van der Waals surface area contributed by atoms with Gasteiger partial charge in [-0.05, 0) is 26.2 Å². The number of hydrogen-bond donors (Lipinski definition) is 0. The molecule has 1 fully saturated rings. The molecule has 0 aliphatic heterocycles. The van der Waals surface area contributed by atoms with Crippen LogP contribution < -0.4 is 0 Å². The molecule has 1 aliphatic carbocycles. The van der Waals surface area contributed by atoms with Gasteiger partial charge in [0.2, 0.25) is 0 Å². The molecule has 0 aromatic heterocycles. The van der Waals surface area contributed by atoms with Gasteiger partial charge in [-0.1, -0.05) is 12.2 Å². The van der Waals surface area contributed by atoms with Gasteiger partial charge in [0.15, 0.2) is 5.78 Å². The molecular weight excluding hydrogens is 248 g/mol. The van der Waals surface area contributed by atoms with Crippen LogP contribution in [0.25, 0.3) is 0 Å². The van der Waals surface area contributed by atoms with Gasteiger partial charge in [0.1, 0.15) is 12.0 Å². The lowest BCUT2D eigenvalue weighted by atomic mass is 9.81. The summed E-state index contributed by atoms with van der Waals surface area (Å²) in [6, 6.07) is 0. The molecule has 0 amide bonds. The molecule has 0 spiro atoms. The van der Waals surface area contributed by atoms with E-state index in [1.807, 2.05) is 0 Å². The van der Waals surface area contributed by atoms with Crippen LogP contribution in [-0.2, 0) is 23.9 Å². The third-order valence-electron chi connectivity index (χ3n) is 3.22. The quantitative estimate of drug-likeness (QED) is 0.417. The summed E-state index contributed by atoms with van der Waals surface area (Å²) in [5.74, 6) is -0.848. The Bertz CT molecular complexity index is 385. The van der Waals surface area contributed by atoms with Crippen molar-refractivity contribution in [2.75, 3.05) is 13.2 Å². The van der Waals surface area contributed by atoms with E-state index in [2.05, 4.69) is 0 Å². The fraction of sp³-hybridized carbons (Fsp3) is 0.643. The Kier molecular flexibility index (Phi) is 5.73. The first-order valence-corrected chi connectivity index (χ1v) is 6.52. The zero-order valence-electron chi connectivity index (χ0n) is 11.4. The highest BCUT2D eigenvalue weighted by Gasteiger charge is 2.48. The second kappa shape index (κ2) is 7.07. The Hall–Kier alpha value is -1.65. The van der Waals surface area contributed by atoms with Gasteiger partial charge in [-0.3, -0.25) is 14.4 Å². The van der Waals surface area contributed by atoms with Gasteiger partial charge in [-0.15, -0.1) is 0 Å². The Balaban J connectivity index is 2.63. The Morgan fingerprint density at radius 2 is 2.05 bits per heavy atom. The molecule has 1 rings (SSSR count). The van der Waals surface area contributed by atoms with Gasteiger partial charge in [0.05, 0.1) is 6.61 Å². The van der Waals surface area contributed by atoms with Crippen molar-refractivity contribution in [3.05, 3.63) is 12.2 Å². The number of rotatable bonds is 6. The molecule has 0 bridgehead atoms. The Morgan fingerprint density at radius 3 is 2.58 bits per heavy atom. The highest BCUT2D eigenvalue weighted by molar-refractivity contribution is 6.05. The second-order valence-corrected chi connectivity index (χ2v) is 4.56. The molecule has 5 nitrogen and oxygen atoms in total. The summed E-state index contributed by atoms with van der Waals surface area (Å²) in [7, 11) is 0. The molecule has 0 radical (unpaired) electrons. The van der Waals surface area contributed by atoms with Crippen molar-refractivity contribution < 1.29 is 23.9 Å². The summed E-state index contributed by atoms with van der Waals surface area (Å²) in [4.78, 5) is 34.5. The molecule has 0 N–H and O–H groups in total. The van der Waals surface area contributed by atoms with E-state index >= 15 is 0 Å². The van der Waals surface area contributed by atoms with Crippen molar-refractivity contribution in [1.29, 1.82) is 0 Å². The number of allylic oxidation sites excluding steroid dienone is 1. The number of esters is 2. The molecule has 1 saturated carbocycles. The van der Waals surface area contributed by atoms with Gasteiger partial charge in [-0.2, -0.15) is 0 Å². The van der Waals surface area contributed by atoms with Crippen molar-refractivity contribution >= 4 is 17.7 Å². The van der Waals surface area contributed by atoms with Gasteiger partial charge in [-0.25, -0.2) is 0 Å². The molecule has 0 aromatic rings. The summed E-state index contributed by atoms with van der Waals surface area (Å²) in [5.41, 5.74) is -1.03. The molecule has 0 saturated heterocycles. The van der Waals surface area contributed by atoms with E-state index < -0.39 is 11.4 Å². The third-order valence-corrected chi connectivity index (χ3v) is 3.22. The van der Waals surface area contributed by atoms with Crippen LogP contribution in [-0.4, -0.2) is 30.9 Å². The monoisotopic (exact) mass is 268 g/mol. The largest absolute Gasteiger partial charge is 0.465 e. The molecule has 19 heavy (non-hydrogen) atoms. The molecule has 106 valence electrons. The van der Waals surface area contributed by atoms with E-state index in [9.17, 15) is 14.4 Å². The zero-order chi connectivity index (χ0) is 14.3. The smallest absolute Gasteiger partial charge is 0.319 e. The number of ether oxygens (including phenoxy) is 2. The summed E-state index contributed by atoms with van der Waals surface area (Å²) in [5, 5.41) is 0. The highest BCUT2D eigenvalue weighted by Crippen LogP contribution is 2.39. The van der Waals surface area contributed by atoms with Crippen LogP contribution in [0.3, 0.4) is 0 Å². The molecule has 0 heterocycles. The third kappa shape index (κ3) is 3.91. The minimum absolute atomic E-state index is 0.0527. The van der Waals surface area contributed by atoms with E-state index in [1.165, 1.54) is 6.92 Å². The Labute approximate surface area is 112 Å². The van der Waals surface area contributed by atoms with Gasteiger partial charge in [0, 0.05) is 13.3 Å². The summed E-state index contributed by atoms with van der Waals surface area (Å²) in [6.45, 7) is 3.48. The SMILES string of the molecule is CCOC(=O)C1(C/C=C/COC(C)=O)CCCC1=O. The second-order valence-electron chi connectivity index (χ2n) is 4.56. The predicted molar refractivity (Wildman–Crippen MR) is 68.3 cm³/mol. The van der Waals surface area contributed by atoms with E-state index in [0.29, 0.717) is 19.3 Å². The molecule has 1 aliphatic rings. The number of carbonyl (C=O) groups excluding carboxylic acids is 3. The van der Waals surface area contributed by atoms with Crippen molar-refractivity contribution in [2.24, 2.45) is 5.41 Å². The lowest BCUT2D eigenvalue weighted by Gasteiger charge is -2.23. The summed E-state index contributed by atoms with van der Waals surface area (Å²) >= 11 is 0. The number of Topliss-reactive ketones (excluding diaryl/α,β-unsaturated/α-hetero) is 1. The summed E-state index contributed by atoms with van der Waals surface area (Å²) in [6.07, 6.45) is 5.34. The van der Waals surface area contributed by atoms with Crippen LogP contribution >= 0.6 is 0 Å². The van der Waals surface area contributed by atoms with Gasteiger partial charge in [0.25, 0.3) is 0 Å². The molecule has 0 aromatic carbocycles. The fourth-order valence-corrected chi connectivity index (χ4v) is 2.23. The molecule has 1 unspecified atom stereocenters. The standard InChI is InChI=1S/C14H20O5/c1-3-18-13(17)14(9-6-7-12(14)16)8-4-5-10-19-11(2)15/h4-5H,3,6-10H2,1-2H3/b5-4+. The maximum absolute atomic E-state index is 12.0. The van der Waals surface area contributed by atoms with Crippen LogP contribution in [0.5, 0.6) is 0 Å². The van der Waals surface area contributed by atoms with Crippen LogP contribution in [0.4, 0.5) is 0 Å². The average molecular weight is 268 g/mol. The summed E-state index contributed by atoms with van der Waals surface area (Å²) < 4.78 is 9.76. The van der Waals surface area contributed by atoms with E-state index in [1.54, 1.807) is 19.1 Å². The fourth-order valence-electron chi connectivity index (χ4n) is 2.23. The Morgan fingerprint density at radius 1 is 1.32 bits per heavy atom. The lowest BCUT2D eigenvalue weighted by Crippen LogP contribution is -2.36. The van der Waals surface area contributed by atoms with Crippen LogP contribution in [0.15, 0.2) is 12.2 Å². The first kappa shape index (κ1) is 15.4. The molecule has 5 heteroatoms. The first-order valence-electron chi connectivity index (χ1n) is 6.52.